The van der Waals surface area contributed by atoms with Crippen LogP contribution in [0, 0.1) is 0 Å². The number of ether oxygens (including phenoxy) is 1. The van der Waals surface area contributed by atoms with Gasteiger partial charge in [-0.05, 0) is 30.3 Å². The normalized spacial score (nSPS) is 11.7. The van der Waals surface area contributed by atoms with Crippen molar-refractivity contribution < 1.29 is 27.8 Å². The van der Waals surface area contributed by atoms with Gasteiger partial charge in [0.15, 0.2) is 11.3 Å². The first kappa shape index (κ1) is 17.0. The number of aromatic carboxylic acids is 1. The van der Waals surface area contributed by atoms with Crippen LogP contribution in [-0.4, -0.2) is 27.7 Å². The summed E-state index contributed by atoms with van der Waals surface area (Å²) in [6.45, 7) is 0. The van der Waals surface area contributed by atoms with Crippen molar-refractivity contribution in [3.8, 4) is 17.0 Å². The molecule has 130 valence electrons. The van der Waals surface area contributed by atoms with Gasteiger partial charge in [0.25, 0.3) is 0 Å². The number of rotatable bonds is 3. The highest BCUT2D eigenvalue weighted by molar-refractivity contribution is 6.36. The second-order valence-corrected chi connectivity index (χ2v) is 5.32. The molecule has 0 aliphatic rings. The summed E-state index contributed by atoms with van der Waals surface area (Å²) in [7, 11) is 1.45. The van der Waals surface area contributed by atoms with E-state index in [2.05, 4.69) is 10.1 Å². The Morgan fingerprint density at radius 2 is 1.92 bits per heavy atom. The van der Waals surface area contributed by atoms with E-state index in [1.807, 2.05) is 0 Å². The van der Waals surface area contributed by atoms with Gasteiger partial charge in [-0.15, -0.1) is 0 Å². The van der Waals surface area contributed by atoms with E-state index >= 15 is 0 Å². The summed E-state index contributed by atoms with van der Waals surface area (Å²) in [4.78, 5) is 15.0. The lowest BCUT2D eigenvalue weighted by Crippen LogP contribution is -2.23. The molecule has 3 rings (SSSR count). The third-order valence-electron chi connectivity index (χ3n) is 3.40. The van der Waals surface area contributed by atoms with Crippen LogP contribution in [0.2, 0.25) is 5.02 Å². The third-order valence-corrected chi connectivity index (χ3v) is 3.75. The van der Waals surface area contributed by atoms with Gasteiger partial charge in [-0.1, -0.05) is 11.6 Å². The molecule has 6 nitrogen and oxygen atoms in total. The van der Waals surface area contributed by atoms with Crippen LogP contribution >= 0.6 is 11.6 Å². The number of hydrogen-bond donors (Lipinski definition) is 0. The maximum atomic E-state index is 13.4. The quantitative estimate of drug-likeness (QED) is 0.707. The fourth-order valence-corrected chi connectivity index (χ4v) is 2.47. The average Bonchev–Trinajstić information content (AvgIpc) is 2.90. The minimum Gasteiger partial charge on any atom is -0.543 e. The maximum absolute atomic E-state index is 13.4. The number of carboxylic acid groups (broad SMARTS) is 1. The highest BCUT2D eigenvalue weighted by Gasteiger charge is 2.36. The predicted molar refractivity (Wildman–Crippen MR) is 79.3 cm³/mol. The number of alkyl halides is 3. The zero-order valence-electron chi connectivity index (χ0n) is 12.5. The summed E-state index contributed by atoms with van der Waals surface area (Å²) in [6.07, 6.45) is -4.80. The summed E-state index contributed by atoms with van der Waals surface area (Å²) in [5.74, 6) is -1.28. The number of methoxy groups -OCH3 is 1. The van der Waals surface area contributed by atoms with Crippen LogP contribution in [0.4, 0.5) is 13.2 Å². The van der Waals surface area contributed by atoms with Crippen molar-refractivity contribution in [1.82, 2.24) is 14.6 Å². The predicted octanol–water partition coefficient (Wildman–Crippen LogP) is 2.44. The van der Waals surface area contributed by atoms with Crippen molar-refractivity contribution in [2.24, 2.45) is 0 Å². The Morgan fingerprint density at radius 3 is 2.44 bits per heavy atom. The zero-order valence-corrected chi connectivity index (χ0v) is 13.2. The molecule has 0 saturated heterocycles. The summed E-state index contributed by atoms with van der Waals surface area (Å²) < 4.78 is 45.4. The van der Waals surface area contributed by atoms with E-state index in [-0.39, 0.29) is 5.69 Å². The van der Waals surface area contributed by atoms with Gasteiger partial charge in [-0.25, -0.2) is 9.50 Å². The summed E-state index contributed by atoms with van der Waals surface area (Å²) in [6, 6.07) is 6.90. The van der Waals surface area contributed by atoms with Crippen LogP contribution in [0.5, 0.6) is 5.75 Å². The molecule has 10 heteroatoms. The Balaban J connectivity index is 2.30. The van der Waals surface area contributed by atoms with Gasteiger partial charge >= 0.3 is 6.18 Å². The molecule has 0 spiro atoms. The van der Waals surface area contributed by atoms with Gasteiger partial charge < -0.3 is 14.6 Å². The number of nitrogens with zero attached hydrogens (tertiary/aromatic N) is 3. The van der Waals surface area contributed by atoms with Crippen molar-refractivity contribution in [3.05, 3.63) is 46.7 Å². The fraction of sp³-hybridized carbons (Fsp3) is 0.133. The van der Waals surface area contributed by atoms with Gasteiger partial charge in [0.05, 0.1) is 18.8 Å². The molecule has 1 aromatic carbocycles. The standard InChI is InChI=1S/C15H9ClF3N3O3/c1-25-8-4-2-7(3-5-8)9-6-10(15(17,18)19)22-13(20-9)11(16)12(21-22)14(23)24/h2-6H,1H3,(H,23,24)/p-1. The number of fused-ring (bicyclic) bond motifs is 1. The van der Waals surface area contributed by atoms with E-state index in [1.54, 1.807) is 12.1 Å². The smallest absolute Gasteiger partial charge is 0.433 e. The largest absolute Gasteiger partial charge is 0.543 e. The van der Waals surface area contributed by atoms with E-state index in [4.69, 9.17) is 16.3 Å². The number of aromatic nitrogens is 3. The van der Waals surface area contributed by atoms with E-state index in [9.17, 15) is 23.1 Å². The number of hydrogen-bond acceptors (Lipinski definition) is 5. The minimum absolute atomic E-state index is 0.0471. The molecule has 0 bridgehead atoms. The van der Waals surface area contributed by atoms with Crippen molar-refractivity contribution in [2.45, 2.75) is 6.18 Å². The van der Waals surface area contributed by atoms with E-state index in [1.165, 1.54) is 19.2 Å². The van der Waals surface area contributed by atoms with Crippen molar-refractivity contribution in [1.29, 1.82) is 0 Å². The van der Waals surface area contributed by atoms with E-state index < -0.39 is 34.2 Å². The lowest BCUT2D eigenvalue weighted by Gasteiger charge is -2.11. The lowest BCUT2D eigenvalue weighted by atomic mass is 10.1. The van der Waals surface area contributed by atoms with Crippen molar-refractivity contribution in [2.75, 3.05) is 7.11 Å². The third kappa shape index (κ3) is 2.98. The molecule has 25 heavy (non-hydrogen) atoms. The Morgan fingerprint density at radius 1 is 1.28 bits per heavy atom. The summed E-state index contributed by atoms with van der Waals surface area (Å²) >= 11 is 5.83. The number of halogens is 4. The van der Waals surface area contributed by atoms with Crippen molar-refractivity contribution in [3.63, 3.8) is 0 Å². The van der Waals surface area contributed by atoms with Gasteiger partial charge in [0, 0.05) is 5.56 Å². The molecule has 0 atom stereocenters. The molecular weight excluding hydrogens is 363 g/mol. The first-order chi connectivity index (χ1) is 11.7. The summed E-state index contributed by atoms with van der Waals surface area (Å²) in [5, 5.41) is 13.8. The van der Waals surface area contributed by atoms with Gasteiger partial charge in [-0.3, -0.25) is 0 Å². The van der Waals surface area contributed by atoms with Crippen LogP contribution in [0.3, 0.4) is 0 Å². The molecule has 0 aliphatic carbocycles. The summed E-state index contributed by atoms with van der Waals surface area (Å²) in [5.41, 5.74) is -2.14. The molecule has 0 amide bonds. The van der Waals surface area contributed by atoms with Gasteiger partial charge in [-0.2, -0.15) is 18.3 Å². The van der Waals surface area contributed by atoms with E-state index in [0.29, 0.717) is 15.8 Å². The van der Waals surface area contributed by atoms with Gasteiger partial charge in [0.2, 0.25) is 0 Å². The van der Waals surface area contributed by atoms with Gasteiger partial charge in [0.1, 0.15) is 16.5 Å². The molecule has 0 N–H and O–H groups in total. The van der Waals surface area contributed by atoms with Crippen LogP contribution in [0.1, 0.15) is 16.2 Å². The molecule has 3 aromatic rings. The highest BCUT2D eigenvalue weighted by atomic mass is 35.5. The Labute approximate surface area is 143 Å². The minimum atomic E-state index is -4.80. The molecule has 2 aromatic heterocycles. The van der Waals surface area contributed by atoms with Crippen LogP contribution in [0.25, 0.3) is 16.9 Å². The molecule has 2 heterocycles. The maximum Gasteiger partial charge on any atom is 0.433 e. The highest BCUT2D eigenvalue weighted by Crippen LogP contribution is 2.34. The monoisotopic (exact) mass is 370 g/mol. The topological polar surface area (TPSA) is 79.5 Å². The van der Waals surface area contributed by atoms with Crippen molar-refractivity contribution >= 4 is 23.2 Å². The Kier molecular flexibility index (Phi) is 4.03. The number of benzene rings is 1. The second-order valence-electron chi connectivity index (χ2n) is 4.94. The molecular formula is C15H8ClF3N3O3-. The van der Waals surface area contributed by atoms with Crippen LogP contribution in [-0.2, 0) is 6.18 Å². The zero-order chi connectivity index (χ0) is 18.4. The van der Waals surface area contributed by atoms with E-state index in [0.717, 1.165) is 6.07 Å². The number of carbonyl (C=O) groups is 1. The second kappa shape index (κ2) is 5.92. The Bertz CT molecular complexity index is 968. The lowest BCUT2D eigenvalue weighted by molar-refractivity contribution is -0.255. The number of carbonyl (C=O) groups excluding carboxylic acids is 1. The molecule has 0 saturated carbocycles. The molecule has 0 radical (unpaired) electrons. The SMILES string of the molecule is COc1ccc(-c2cc(C(F)(F)F)n3nc(C(=O)[O-])c(Cl)c3n2)cc1. The van der Waals surface area contributed by atoms with Crippen LogP contribution in [0.15, 0.2) is 30.3 Å². The van der Waals surface area contributed by atoms with Crippen LogP contribution < -0.4 is 9.84 Å². The molecule has 0 aliphatic heterocycles. The average molecular weight is 371 g/mol. The fourth-order valence-electron chi connectivity index (χ4n) is 2.23. The first-order valence-corrected chi connectivity index (χ1v) is 7.12. The number of carboxylic acids is 1. The first-order valence-electron chi connectivity index (χ1n) is 6.74. The molecule has 0 fully saturated rings. The molecule has 0 unspecified atom stereocenters. The Hall–Kier alpha value is -2.81.